The molecular weight excluding hydrogens is 422 g/mol. The zero-order chi connectivity index (χ0) is 22.5. The van der Waals surface area contributed by atoms with E-state index in [9.17, 15) is 14.4 Å². The zero-order valence-electron chi connectivity index (χ0n) is 17.4. The van der Waals surface area contributed by atoms with E-state index in [0.29, 0.717) is 10.9 Å². The van der Waals surface area contributed by atoms with Gasteiger partial charge in [0.15, 0.2) is 5.75 Å². The van der Waals surface area contributed by atoms with E-state index in [1.165, 1.54) is 6.07 Å². The molecule has 0 fully saturated rings. The number of ether oxygens (including phenoxy) is 2. The van der Waals surface area contributed by atoms with Gasteiger partial charge in [0.2, 0.25) is 0 Å². The molecule has 0 unspecified atom stereocenters. The van der Waals surface area contributed by atoms with E-state index in [0.717, 1.165) is 11.1 Å². The van der Waals surface area contributed by atoms with Crippen molar-refractivity contribution in [1.82, 2.24) is 5.32 Å². The number of halogens is 1. The first kappa shape index (κ1) is 22.4. The number of nitrogens with one attached hydrogen (secondary N) is 1. The summed E-state index contributed by atoms with van der Waals surface area (Å²) in [6, 6.07) is 11.2. The van der Waals surface area contributed by atoms with Crippen molar-refractivity contribution in [2.24, 2.45) is 0 Å². The highest BCUT2D eigenvalue weighted by molar-refractivity contribution is 6.33. The molecule has 1 atom stereocenters. The maximum Gasteiger partial charge on any atom is 0.408 e. The van der Waals surface area contributed by atoms with Gasteiger partial charge in [-0.05, 0) is 37.5 Å². The number of alkyl carbamates (subject to hydrolysis) is 1. The summed E-state index contributed by atoms with van der Waals surface area (Å²) in [5, 5.41) is 3.32. The second-order valence-electron chi connectivity index (χ2n) is 7.01. The normalized spacial score (nSPS) is 11.7. The maximum atomic E-state index is 12.6. The van der Waals surface area contributed by atoms with Crippen LogP contribution in [0, 0.1) is 13.8 Å². The highest BCUT2D eigenvalue weighted by atomic mass is 35.5. The molecule has 31 heavy (non-hydrogen) atoms. The van der Waals surface area contributed by atoms with Gasteiger partial charge in [-0.25, -0.2) is 14.4 Å². The number of aryl methyl sites for hydroxylation is 1. The SMILES string of the molecule is CC[C@@H](NC(=O)OCc1ccccc1)C(=O)Oc1cc2oc(=O)c(C)c(C)c2cc1Cl. The summed E-state index contributed by atoms with van der Waals surface area (Å²) < 4.78 is 15.8. The van der Waals surface area contributed by atoms with E-state index in [1.807, 2.05) is 30.3 Å². The van der Waals surface area contributed by atoms with Crippen LogP contribution < -0.4 is 15.7 Å². The van der Waals surface area contributed by atoms with Crippen LogP contribution in [0.4, 0.5) is 4.79 Å². The van der Waals surface area contributed by atoms with E-state index >= 15 is 0 Å². The second-order valence-corrected chi connectivity index (χ2v) is 7.41. The van der Waals surface area contributed by atoms with Crippen molar-refractivity contribution in [3.63, 3.8) is 0 Å². The number of amides is 1. The van der Waals surface area contributed by atoms with E-state index in [-0.39, 0.29) is 29.4 Å². The molecule has 0 radical (unpaired) electrons. The third kappa shape index (κ3) is 5.24. The average Bonchev–Trinajstić information content (AvgIpc) is 2.76. The van der Waals surface area contributed by atoms with E-state index in [1.54, 1.807) is 26.8 Å². The summed E-state index contributed by atoms with van der Waals surface area (Å²) >= 11 is 6.27. The van der Waals surface area contributed by atoms with Crippen LogP contribution in [-0.2, 0) is 16.1 Å². The third-order valence-corrected chi connectivity index (χ3v) is 5.21. The van der Waals surface area contributed by atoms with Gasteiger partial charge in [0, 0.05) is 17.0 Å². The van der Waals surface area contributed by atoms with Crippen LogP contribution in [0.1, 0.15) is 30.0 Å². The molecule has 3 aromatic rings. The lowest BCUT2D eigenvalue weighted by Crippen LogP contribution is -2.42. The molecule has 0 spiro atoms. The Morgan fingerprint density at radius 1 is 1.13 bits per heavy atom. The van der Waals surface area contributed by atoms with E-state index in [2.05, 4.69) is 5.32 Å². The highest BCUT2D eigenvalue weighted by Gasteiger charge is 2.23. The van der Waals surface area contributed by atoms with Crippen LogP contribution in [0.15, 0.2) is 51.7 Å². The fourth-order valence-electron chi connectivity index (χ4n) is 2.94. The van der Waals surface area contributed by atoms with Crippen molar-refractivity contribution in [3.8, 4) is 5.75 Å². The summed E-state index contributed by atoms with van der Waals surface area (Å²) in [5.41, 5.74) is 1.82. The molecule has 1 heterocycles. The van der Waals surface area contributed by atoms with Crippen LogP contribution in [0.3, 0.4) is 0 Å². The molecule has 162 valence electrons. The lowest BCUT2D eigenvalue weighted by molar-refractivity contribution is -0.136. The molecular formula is C23H22ClNO6. The number of carbonyl (C=O) groups excluding carboxylic acids is 2. The number of fused-ring (bicyclic) bond motifs is 1. The van der Waals surface area contributed by atoms with Crippen molar-refractivity contribution in [2.75, 3.05) is 0 Å². The van der Waals surface area contributed by atoms with Gasteiger partial charge in [0.1, 0.15) is 18.2 Å². The van der Waals surface area contributed by atoms with Gasteiger partial charge < -0.3 is 19.2 Å². The quantitative estimate of drug-likeness (QED) is 0.338. The predicted octanol–water partition coefficient (Wildman–Crippen LogP) is 4.67. The Hall–Kier alpha value is -3.32. The Morgan fingerprint density at radius 3 is 2.52 bits per heavy atom. The summed E-state index contributed by atoms with van der Waals surface area (Å²) in [6.07, 6.45) is -0.466. The Morgan fingerprint density at radius 2 is 1.84 bits per heavy atom. The lowest BCUT2D eigenvalue weighted by atomic mass is 10.1. The molecule has 0 aliphatic carbocycles. The summed E-state index contributed by atoms with van der Waals surface area (Å²) in [6.45, 7) is 5.24. The van der Waals surface area contributed by atoms with Gasteiger partial charge in [-0.3, -0.25) is 0 Å². The number of hydrogen-bond donors (Lipinski definition) is 1. The topological polar surface area (TPSA) is 94.8 Å². The van der Waals surface area contributed by atoms with Crippen LogP contribution in [0.5, 0.6) is 5.75 Å². The maximum absolute atomic E-state index is 12.6. The monoisotopic (exact) mass is 443 g/mol. The van der Waals surface area contributed by atoms with Crippen LogP contribution in [-0.4, -0.2) is 18.1 Å². The first-order valence-corrected chi connectivity index (χ1v) is 10.1. The molecule has 3 rings (SSSR count). The molecule has 1 aromatic heterocycles. The van der Waals surface area contributed by atoms with Crippen molar-refractivity contribution < 1.29 is 23.5 Å². The van der Waals surface area contributed by atoms with Gasteiger partial charge in [0.05, 0.1) is 5.02 Å². The summed E-state index contributed by atoms with van der Waals surface area (Å²) in [5.74, 6) is -0.685. The van der Waals surface area contributed by atoms with Crippen LogP contribution >= 0.6 is 11.6 Å². The summed E-state index contributed by atoms with van der Waals surface area (Å²) in [7, 11) is 0. The van der Waals surface area contributed by atoms with E-state index < -0.39 is 23.7 Å². The van der Waals surface area contributed by atoms with Crippen molar-refractivity contribution in [1.29, 1.82) is 0 Å². The number of benzene rings is 2. The first-order chi connectivity index (χ1) is 14.8. The predicted molar refractivity (Wildman–Crippen MR) is 116 cm³/mol. The number of rotatable bonds is 6. The van der Waals surface area contributed by atoms with Gasteiger partial charge in [0.25, 0.3) is 0 Å². The molecule has 8 heteroatoms. The van der Waals surface area contributed by atoms with Gasteiger partial charge in [-0.15, -0.1) is 0 Å². The smallest absolute Gasteiger partial charge is 0.408 e. The first-order valence-electron chi connectivity index (χ1n) is 9.72. The summed E-state index contributed by atoms with van der Waals surface area (Å²) in [4.78, 5) is 36.6. The van der Waals surface area contributed by atoms with Crippen molar-refractivity contribution >= 4 is 34.6 Å². The van der Waals surface area contributed by atoms with Crippen LogP contribution in [0.25, 0.3) is 11.0 Å². The lowest BCUT2D eigenvalue weighted by Gasteiger charge is -2.16. The van der Waals surface area contributed by atoms with Gasteiger partial charge in [-0.1, -0.05) is 48.9 Å². The number of hydrogen-bond acceptors (Lipinski definition) is 6. The van der Waals surface area contributed by atoms with Gasteiger partial charge in [-0.2, -0.15) is 0 Å². The molecule has 0 bridgehead atoms. The second kappa shape index (κ2) is 9.66. The van der Waals surface area contributed by atoms with E-state index in [4.69, 9.17) is 25.5 Å². The minimum Gasteiger partial charge on any atom is -0.445 e. The Kier molecular flexibility index (Phi) is 6.97. The van der Waals surface area contributed by atoms with Crippen LogP contribution in [0.2, 0.25) is 5.02 Å². The molecule has 0 saturated heterocycles. The number of esters is 1. The van der Waals surface area contributed by atoms with Gasteiger partial charge >= 0.3 is 17.7 Å². The Bertz CT molecular complexity index is 1170. The largest absolute Gasteiger partial charge is 0.445 e. The minimum atomic E-state index is -0.943. The molecule has 2 aromatic carbocycles. The molecule has 0 aliphatic rings. The molecule has 7 nitrogen and oxygen atoms in total. The minimum absolute atomic E-state index is 0.0310. The zero-order valence-corrected chi connectivity index (χ0v) is 18.1. The molecule has 0 aliphatic heterocycles. The molecule has 0 saturated carbocycles. The average molecular weight is 444 g/mol. The number of carbonyl (C=O) groups is 2. The Labute approximate surface area is 183 Å². The van der Waals surface area contributed by atoms with Crippen molar-refractivity contribution in [3.05, 3.63) is 74.6 Å². The highest BCUT2D eigenvalue weighted by Crippen LogP contribution is 2.32. The standard InChI is InChI=1S/C23H22ClNO6/c1-4-18(25-23(28)29-12-15-8-6-5-7-9-15)22(27)31-20-11-19-16(10-17(20)24)13(2)14(3)21(26)30-19/h5-11,18H,4,12H2,1-3H3,(H,25,28)/t18-/m1/s1. The fourth-order valence-corrected chi connectivity index (χ4v) is 3.14. The molecule has 1 amide bonds. The molecule has 1 N–H and O–H groups in total. The van der Waals surface area contributed by atoms with Crippen molar-refractivity contribution in [2.45, 2.75) is 39.8 Å². The Balaban J connectivity index is 1.70. The third-order valence-electron chi connectivity index (χ3n) is 4.92. The fraction of sp³-hybridized carbons (Fsp3) is 0.261.